The molecule has 12 heteroatoms. The largest absolute Gasteiger partial charge is 0.497 e. The highest BCUT2D eigenvalue weighted by Crippen LogP contribution is 2.26. The standard InChI is InChI=1S/C28H36N4O7S/c1-17(2)13-22(31-28(35)25-15-19-14-20(38-4)9-11-24(19)39-25)27(34)30-21-10-8-18(3)32(16-23(21)33)40(36,37)26-7-5-6-12-29-26/h5-7,9,11-12,14-15,17-18,21-23,33H,8,10,13,16H2,1-4H3,(H,30,34)(H,31,35)/t18-,21+,22+,23+/m1/s1. The van der Waals surface area contributed by atoms with E-state index in [-0.39, 0.29) is 23.2 Å². The molecule has 1 fully saturated rings. The Kier molecular flexibility index (Phi) is 9.12. The molecule has 0 saturated carbocycles. The molecule has 1 aliphatic heterocycles. The first kappa shape index (κ1) is 29.5. The number of hydrogen-bond acceptors (Lipinski definition) is 8. The number of furan rings is 1. The van der Waals surface area contributed by atoms with Crippen LogP contribution in [-0.2, 0) is 14.8 Å². The van der Waals surface area contributed by atoms with E-state index in [0.717, 1.165) is 0 Å². The minimum absolute atomic E-state index is 0.0588. The van der Waals surface area contributed by atoms with Crippen LogP contribution in [0.5, 0.6) is 5.75 Å². The third kappa shape index (κ3) is 6.62. The second kappa shape index (κ2) is 12.4. The van der Waals surface area contributed by atoms with Gasteiger partial charge in [0.25, 0.3) is 15.9 Å². The second-order valence-corrected chi connectivity index (χ2v) is 12.4. The van der Waals surface area contributed by atoms with Crippen molar-refractivity contribution in [2.24, 2.45) is 5.92 Å². The molecule has 40 heavy (non-hydrogen) atoms. The van der Waals surface area contributed by atoms with Crippen molar-refractivity contribution in [1.82, 2.24) is 19.9 Å². The lowest BCUT2D eigenvalue weighted by Gasteiger charge is -2.28. The van der Waals surface area contributed by atoms with Gasteiger partial charge in [0.05, 0.1) is 19.3 Å². The summed E-state index contributed by atoms with van der Waals surface area (Å²) in [4.78, 5) is 30.4. The van der Waals surface area contributed by atoms with Gasteiger partial charge in [-0.15, -0.1) is 0 Å². The van der Waals surface area contributed by atoms with Crippen LogP contribution in [0.3, 0.4) is 0 Å². The number of aliphatic hydroxyl groups is 1. The highest BCUT2D eigenvalue weighted by molar-refractivity contribution is 7.89. The highest BCUT2D eigenvalue weighted by Gasteiger charge is 2.38. The molecular formula is C28H36N4O7S. The van der Waals surface area contributed by atoms with E-state index in [1.807, 2.05) is 13.8 Å². The number of aliphatic hydroxyl groups excluding tert-OH is 1. The molecule has 0 radical (unpaired) electrons. The summed E-state index contributed by atoms with van der Waals surface area (Å²) < 4.78 is 38.6. The van der Waals surface area contributed by atoms with Crippen LogP contribution in [0.25, 0.3) is 11.0 Å². The van der Waals surface area contributed by atoms with E-state index >= 15 is 0 Å². The van der Waals surface area contributed by atoms with Crippen LogP contribution >= 0.6 is 0 Å². The third-order valence-corrected chi connectivity index (χ3v) is 8.93. The molecule has 1 saturated heterocycles. The van der Waals surface area contributed by atoms with Crippen LogP contribution in [-0.4, -0.2) is 72.5 Å². The van der Waals surface area contributed by atoms with Crippen molar-refractivity contribution in [2.75, 3.05) is 13.7 Å². The number of pyridine rings is 1. The Morgan fingerprint density at radius 1 is 1.20 bits per heavy atom. The molecule has 4 rings (SSSR count). The van der Waals surface area contributed by atoms with Gasteiger partial charge in [0.2, 0.25) is 5.91 Å². The van der Waals surface area contributed by atoms with E-state index in [2.05, 4.69) is 15.6 Å². The topological polar surface area (TPSA) is 151 Å². The smallest absolute Gasteiger partial charge is 0.287 e. The van der Waals surface area contributed by atoms with Crippen LogP contribution in [0.2, 0.25) is 0 Å². The van der Waals surface area contributed by atoms with Crippen LogP contribution in [0, 0.1) is 5.92 Å². The number of carbonyl (C=O) groups excluding carboxylic acids is 2. The summed E-state index contributed by atoms with van der Waals surface area (Å²) in [6.45, 7) is 5.43. The van der Waals surface area contributed by atoms with Gasteiger partial charge in [0.1, 0.15) is 17.4 Å². The normalized spacial score (nSPS) is 21.1. The third-order valence-electron chi connectivity index (χ3n) is 7.03. The molecule has 2 amide bonds. The first-order valence-corrected chi connectivity index (χ1v) is 14.7. The first-order valence-electron chi connectivity index (χ1n) is 13.3. The summed E-state index contributed by atoms with van der Waals surface area (Å²) >= 11 is 0. The first-order chi connectivity index (χ1) is 19.0. The number of benzene rings is 1. The number of nitrogens with zero attached hydrogens (tertiary/aromatic N) is 2. The summed E-state index contributed by atoms with van der Waals surface area (Å²) in [5, 5.41) is 17.2. The lowest BCUT2D eigenvalue weighted by Crippen LogP contribution is -2.54. The molecule has 0 unspecified atom stereocenters. The molecule has 1 aromatic carbocycles. The van der Waals surface area contributed by atoms with Crippen molar-refractivity contribution in [1.29, 1.82) is 0 Å². The molecule has 0 bridgehead atoms. The summed E-state index contributed by atoms with van der Waals surface area (Å²) in [6, 6.07) is 9.39. The van der Waals surface area contributed by atoms with Gasteiger partial charge < -0.3 is 24.9 Å². The molecule has 216 valence electrons. The number of amides is 2. The number of aromatic nitrogens is 1. The SMILES string of the molecule is COc1ccc2oc(C(=O)N[C@@H](CC(C)C)C(=O)N[C@H]3CC[C@@H](C)N(S(=O)(=O)c4ccccn4)C[C@@H]3O)cc2c1. The summed E-state index contributed by atoms with van der Waals surface area (Å²) in [7, 11) is -2.39. The van der Waals surface area contributed by atoms with E-state index in [0.29, 0.717) is 36.0 Å². The average Bonchev–Trinajstić information content (AvgIpc) is 3.30. The molecule has 0 aliphatic carbocycles. The fourth-order valence-corrected chi connectivity index (χ4v) is 6.46. The molecular weight excluding hydrogens is 536 g/mol. The Bertz CT molecular complexity index is 1440. The Balaban J connectivity index is 1.47. The Morgan fingerprint density at radius 3 is 2.65 bits per heavy atom. The van der Waals surface area contributed by atoms with E-state index in [9.17, 15) is 23.1 Å². The number of nitrogens with one attached hydrogen (secondary N) is 2. The van der Waals surface area contributed by atoms with Gasteiger partial charge in [-0.05, 0) is 68.5 Å². The van der Waals surface area contributed by atoms with Crippen LogP contribution in [0.1, 0.15) is 50.6 Å². The summed E-state index contributed by atoms with van der Waals surface area (Å²) in [5.41, 5.74) is 0.511. The molecule has 3 aromatic rings. The van der Waals surface area contributed by atoms with E-state index in [4.69, 9.17) is 9.15 Å². The van der Waals surface area contributed by atoms with Crippen molar-refractivity contribution in [3.63, 3.8) is 0 Å². The fraction of sp³-hybridized carbons (Fsp3) is 0.464. The number of rotatable bonds is 9. The van der Waals surface area contributed by atoms with Gasteiger partial charge in [-0.25, -0.2) is 13.4 Å². The number of sulfonamides is 1. The molecule has 11 nitrogen and oxygen atoms in total. The predicted octanol–water partition coefficient (Wildman–Crippen LogP) is 2.70. The van der Waals surface area contributed by atoms with Crippen molar-refractivity contribution >= 4 is 32.8 Å². The fourth-order valence-electron chi connectivity index (χ4n) is 4.85. The maximum Gasteiger partial charge on any atom is 0.287 e. The van der Waals surface area contributed by atoms with Gasteiger partial charge in [0.15, 0.2) is 10.8 Å². The minimum atomic E-state index is -3.94. The summed E-state index contributed by atoms with van der Waals surface area (Å²) in [6.07, 6.45) is 1.37. The zero-order valence-corrected chi connectivity index (χ0v) is 23.8. The second-order valence-electron chi connectivity index (χ2n) is 10.5. The molecule has 0 spiro atoms. The van der Waals surface area contributed by atoms with Crippen molar-refractivity contribution in [3.05, 3.63) is 54.4 Å². The number of carbonyl (C=O) groups is 2. The number of ether oxygens (including phenoxy) is 1. The Labute approximate surface area is 234 Å². The molecule has 1 aliphatic rings. The molecule has 3 N–H and O–H groups in total. The highest BCUT2D eigenvalue weighted by atomic mass is 32.2. The van der Waals surface area contributed by atoms with E-state index in [1.165, 1.54) is 16.6 Å². The van der Waals surface area contributed by atoms with Gasteiger partial charge in [-0.3, -0.25) is 9.59 Å². The number of hydrogen-bond donors (Lipinski definition) is 3. The van der Waals surface area contributed by atoms with Gasteiger partial charge in [-0.1, -0.05) is 19.9 Å². The molecule has 2 aromatic heterocycles. The van der Waals surface area contributed by atoms with E-state index in [1.54, 1.807) is 50.4 Å². The Morgan fingerprint density at radius 2 is 1.98 bits per heavy atom. The lowest BCUT2D eigenvalue weighted by atomic mass is 10.0. The van der Waals surface area contributed by atoms with Crippen molar-refractivity contribution in [3.8, 4) is 5.75 Å². The average molecular weight is 573 g/mol. The maximum absolute atomic E-state index is 13.4. The van der Waals surface area contributed by atoms with Crippen molar-refractivity contribution < 1.29 is 32.3 Å². The van der Waals surface area contributed by atoms with Gasteiger partial charge in [0, 0.05) is 24.2 Å². The Hall–Kier alpha value is -3.48. The quantitative estimate of drug-likeness (QED) is 0.354. The molecule has 4 atom stereocenters. The number of fused-ring (bicyclic) bond motifs is 1. The number of methoxy groups -OCH3 is 1. The summed E-state index contributed by atoms with van der Waals surface area (Å²) in [5.74, 6) is -0.242. The van der Waals surface area contributed by atoms with Crippen molar-refractivity contribution in [2.45, 2.75) is 69.3 Å². The number of β-amino-alcohol motifs (C(OH)–C–C–N with tert-alkyl or cyclic N) is 1. The van der Waals surface area contributed by atoms with Crippen LogP contribution < -0.4 is 15.4 Å². The zero-order chi connectivity index (χ0) is 29.0. The monoisotopic (exact) mass is 572 g/mol. The van der Waals surface area contributed by atoms with Crippen LogP contribution in [0.15, 0.2) is 58.1 Å². The van der Waals surface area contributed by atoms with Gasteiger partial charge in [-0.2, -0.15) is 4.31 Å². The maximum atomic E-state index is 13.4. The predicted molar refractivity (Wildman–Crippen MR) is 148 cm³/mol. The van der Waals surface area contributed by atoms with Gasteiger partial charge >= 0.3 is 0 Å². The van der Waals surface area contributed by atoms with Crippen LogP contribution in [0.4, 0.5) is 0 Å². The lowest BCUT2D eigenvalue weighted by molar-refractivity contribution is -0.125. The molecule has 3 heterocycles. The minimum Gasteiger partial charge on any atom is -0.497 e. The van der Waals surface area contributed by atoms with E-state index < -0.39 is 46.1 Å². The zero-order valence-electron chi connectivity index (χ0n) is 23.0.